The van der Waals surface area contributed by atoms with Gasteiger partial charge in [-0.05, 0) is 93.8 Å². The highest BCUT2D eigenvalue weighted by molar-refractivity contribution is 7.89. The van der Waals surface area contributed by atoms with Crippen LogP contribution in [0.4, 0.5) is 0 Å². The lowest BCUT2D eigenvalue weighted by atomic mass is 9.93. The fourth-order valence-electron chi connectivity index (χ4n) is 5.31. The summed E-state index contributed by atoms with van der Waals surface area (Å²) in [6.07, 6.45) is 0.754. The van der Waals surface area contributed by atoms with Crippen LogP contribution >= 0.6 is 11.3 Å². The molecule has 1 amide bonds. The van der Waals surface area contributed by atoms with Crippen LogP contribution in [0.1, 0.15) is 59.5 Å². The number of carbonyl (C=O) groups excluding carboxylic acids is 1. The summed E-state index contributed by atoms with van der Waals surface area (Å²) in [6, 6.07) is 13.3. The SMILES string of the molecule is COc1ccc(C2c3ccsc3CCN2C(=O)CN(C(C)(C)C)S(=O)(=O)c2c(C)cc(C)cc2C)cc1. The largest absolute Gasteiger partial charge is 0.497 e. The third-order valence-electron chi connectivity index (χ3n) is 6.90. The maximum Gasteiger partial charge on any atom is 0.244 e. The van der Waals surface area contributed by atoms with Crippen LogP contribution in [0.25, 0.3) is 0 Å². The fraction of sp³-hybridized carbons (Fsp3) is 0.414. The van der Waals surface area contributed by atoms with Gasteiger partial charge in [0, 0.05) is 17.0 Å². The van der Waals surface area contributed by atoms with Crippen molar-refractivity contribution in [2.75, 3.05) is 20.2 Å². The van der Waals surface area contributed by atoms with E-state index in [9.17, 15) is 13.2 Å². The minimum Gasteiger partial charge on any atom is -0.497 e. The summed E-state index contributed by atoms with van der Waals surface area (Å²) < 4.78 is 34.8. The number of amides is 1. The molecule has 3 aromatic rings. The Morgan fingerprint density at radius 3 is 2.27 bits per heavy atom. The van der Waals surface area contributed by atoms with Crippen LogP contribution in [-0.4, -0.2) is 49.3 Å². The lowest BCUT2D eigenvalue weighted by Crippen LogP contribution is -2.52. The van der Waals surface area contributed by atoms with Gasteiger partial charge in [-0.3, -0.25) is 4.79 Å². The average molecular weight is 541 g/mol. The zero-order valence-corrected chi connectivity index (χ0v) is 24.3. The summed E-state index contributed by atoms with van der Waals surface area (Å²) >= 11 is 1.70. The van der Waals surface area contributed by atoms with Gasteiger partial charge in [0.1, 0.15) is 5.75 Å². The van der Waals surface area contributed by atoms with Gasteiger partial charge >= 0.3 is 0 Å². The molecule has 2 aromatic carbocycles. The van der Waals surface area contributed by atoms with Gasteiger partial charge < -0.3 is 9.64 Å². The first kappa shape index (κ1) is 27.4. The second kappa shape index (κ2) is 10.2. The van der Waals surface area contributed by atoms with Crippen molar-refractivity contribution in [3.8, 4) is 5.75 Å². The number of sulfonamides is 1. The number of ether oxygens (including phenoxy) is 1. The normalized spacial score (nSPS) is 16.1. The third-order valence-corrected chi connectivity index (χ3v) is 10.3. The van der Waals surface area contributed by atoms with E-state index in [2.05, 4.69) is 11.4 Å². The van der Waals surface area contributed by atoms with Crippen LogP contribution in [0, 0.1) is 20.8 Å². The van der Waals surface area contributed by atoms with Crippen molar-refractivity contribution >= 4 is 27.3 Å². The number of aryl methyl sites for hydroxylation is 3. The first-order valence-corrected chi connectivity index (χ1v) is 14.8. The maximum absolute atomic E-state index is 14.1. The highest BCUT2D eigenvalue weighted by Gasteiger charge is 2.40. The zero-order chi connectivity index (χ0) is 27.1. The smallest absolute Gasteiger partial charge is 0.244 e. The quantitative estimate of drug-likeness (QED) is 0.406. The Morgan fingerprint density at radius 2 is 1.70 bits per heavy atom. The Morgan fingerprint density at radius 1 is 1.08 bits per heavy atom. The van der Waals surface area contributed by atoms with Crippen LogP contribution in [-0.2, 0) is 21.2 Å². The highest BCUT2D eigenvalue weighted by atomic mass is 32.2. The van der Waals surface area contributed by atoms with Gasteiger partial charge in [-0.15, -0.1) is 11.3 Å². The second-order valence-electron chi connectivity index (χ2n) is 10.7. The van der Waals surface area contributed by atoms with E-state index in [0.717, 1.165) is 28.9 Å². The molecule has 8 heteroatoms. The predicted octanol–water partition coefficient (Wildman–Crippen LogP) is 5.65. The summed E-state index contributed by atoms with van der Waals surface area (Å²) in [5.41, 5.74) is 3.67. The van der Waals surface area contributed by atoms with Crippen LogP contribution in [0.15, 0.2) is 52.7 Å². The predicted molar refractivity (Wildman–Crippen MR) is 149 cm³/mol. The molecule has 0 fully saturated rings. The molecule has 0 spiro atoms. The van der Waals surface area contributed by atoms with E-state index in [1.165, 1.54) is 9.18 Å². The van der Waals surface area contributed by atoms with Crippen molar-refractivity contribution in [3.05, 3.63) is 80.5 Å². The number of rotatable bonds is 6. The van der Waals surface area contributed by atoms with E-state index in [-0.39, 0.29) is 23.4 Å². The van der Waals surface area contributed by atoms with E-state index in [4.69, 9.17) is 4.74 Å². The lowest BCUT2D eigenvalue weighted by Gasteiger charge is -2.40. The standard InChI is InChI=1S/C29H36N2O4S2/c1-19-16-20(2)28(21(3)17-19)37(33,34)31(29(4,5)6)18-26(32)30-14-12-25-24(13-15-36-25)27(30)22-8-10-23(35-7)11-9-22/h8-11,13,15-17,27H,12,14,18H2,1-7H3. The van der Waals surface area contributed by atoms with Gasteiger partial charge in [0.2, 0.25) is 15.9 Å². The lowest BCUT2D eigenvalue weighted by molar-refractivity contribution is -0.134. The Kier molecular flexibility index (Phi) is 7.57. The Balaban J connectivity index is 1.73. The van der Waals surface area contributed by atoms with E-state index in [1.54, 1.807) is 18.4 Å². The molecule has 1 atom stereocenters. The van der Waals surface area contributed by atoms with Gasteiger partial charge in [0.25, 0.3) is 0 Å². The molecule has 4 rings (SSSR count). The Hall–Kier alpha value is -2.68. The van der Waals surface area contributed by atoms with E-state index in [1.807, 2.05) is 82.8 Å². The molecule has 0 saturated heterocycles. The molecule has 1 aromatic heterocycles. The number of benzene rings is 2. The van der Waals surface area contributed by atoms with E-state index in [0.29, 0.717) is 17.7 Å². The van der Waals surface area contributed by atoms with Crippen LogP contribution < -0.4 is 4.74 Å². The maximum atomic E-state index is 14.1. The van der Waals surface area contributed by atoms with E-state index >= 15 is 0 Å². The molecule has 0 bridgehead atoms. The van der Waals surface area contributed by atoms with Crippen molar-refractivity contribution in [2.45, 2.75) is 64.4 Å². The summed E-state index contributed by atoms with van der Waals surface area (Å²) in [5.74, 6) is 0.537. The Bertz CT molecular complexity index is 1380. The molecule has 0 aliphatic carbocycles. The van der Waals surface area contributed by atoms with Gasteiger partial charge in [-0.2, -0.15) is 4.31 Å². The third kappa shape index (κ3) is 5.33. The van der Waals surface area contributed by atoms with Gasteiger partial charge in [0.05, 0.1) is 24.6 Å². The number of hydrogen-bond donors (Lipinski definition) is 0. The minimum absolute atomic E-state index is 0.210. The molecule has 0 N–H and O–H groups in total. The Labute approximate surface area is 224 Å². The van der Waals surface area contributed by atoms with Crippen molar-refractivity contribution in [1.29, 1.82) is 0 Å². The summed E-state index contributed by atoms with van der Waals surface area (Å²) in [6.45, 7) is 11.4. The number of methoxy groups -OCH3 is 1. The second-order valence-corrected chi connectivity index (χ2v) is 13.5. The molecule has 1 unspecified atom stereocenters. The number of thiophene rings is 1. The van der Waals surface area contributed by atoms with Crippen molar-refractivity contribution in [3.63, 3.8) is 0 Å². The number of fused-ring (bicyclic) bond motifs is 1. The molecule has 37 heavy (non-hydrogen) atoms. The van der Waals surface area contributed by atoms with Crippen LogP contribution in [0.5, 0.6) is 5.75 Å². The summed E-state index contributed by atoms with van der Waals surface area (Å²) in [4.78, 5) is 17.4. The van der Waals surface area contributed by atoms with Crippen molar-refractivity contribution < 1.29 is 17.9 Å². The van der Waals surface area contributed by atoms with Gasteiger partial charge in [0.15, 0.2) is 0 Å². The monoisotopic (exact) mass is 540 g/mol. The molecule has 2 heterocycles. The average Bonchev–Trinajstić information content (AvgIpc) is 3.29. The minimum atomic E-state index is -3.94. The number of nitrogens with zero attached hydrogens (tertiary/aromatic N) is 2. The molecule has 1 aliphatic heterocycles. The molecular weight excluding hydrogens is 504 g/mol. The number of carbonyl (C=O) groups is 1. The summed E-state index contributed by atoms with van der Waals surface area (Å²) in [5, 5.41) is 2.06. The first-order valence-electron chi connectivity index (χ1n) is 12.4. The van der Waals surface area contributed by atoms with Gasteiger partial charge in [-0.1, -0.05) is 29.8 Å². The number of hydrogen-bond acceptors (Lipinski definition) is 5. The zero-order valence-electron chi connectivity index (χ0n) is 22.7. The molecule has 0 radical (unpaired) electrons. The van der Waals surface area contributed by atoms with Crippen LogP contribution in [0.3, 0.4) is 0 Å². The molecular formula is C29H36N2O4S2. The fourth-order valence-corrected chi connectivity index (χ4v) is 8.37. The van der Waals surface area contributed by atoms with Gasteiger partial charge in [-0.25, -0.2) is 8.42 Å². The topological polar surface area (TPSA) is 66.9 Å². The first-order chi connectivity index (χ1) is 17.3. The molecule has 198 valence electrons. The molecule has 1 aliphatic rings. The highest BCUT2D eigenvalue weighted by Crippen LogP contribution is 2.39. The summed E-state index contributed by atoms with van der Waals surface area (Å²) in [7, 11) is -2.31. The molecule has 6 nitrogen and oxygen atoms in total. The van der Waals surface area contributed by atoms with Crippen molar-refractivity contribution in [2.24, 2.45) is 0 Å². The van der Waals surface area contributed by atoms with Crippen LogP contribution in [0.2, 0.25) is 0 Å². The molecule has 0 saturated carbocycles. The van der Waals surface area contributed by atoms with E-state index < -0.39 is 15.6 Å². The van der Waals surface area contributed by atoms with Crippen molar-refractivity contribution in [1.82, 2.24) is 9.21 Å².